The van der Waals surface area contributed by atoms with Crippen molar-refractivity contribution in [2.24, 2.45) is 0 Å². The lowest BCUT2D eigenvalue weighted by Gasteiger charge is -2.12. The van der Waals surface area contributed by atoms with Gasteiger partial charge < -0.3 is 9.84 Å². The van der Waals surface area contributed by atoms with Crippen molar-refractivity contribution < 1.29 is 9.84 Å². The summed E-state index contributed by atoms with van der Waals surface area (Å²) in [5, 5.41) is 15.2. The van der Waals surface area contributed by atoms with Crippen LogP contribution in [0.25, 0.3) is 17.1 Å². The number of ether oxygens (including phenoxy) is 1. The number of phenolic OH excluding ortho intramolecular Hbond substituents is 1. The maximum atomic E-state index is 10.6. The number of methoxy groups -OCH3 is 1. The fourth-order valence-electron chi connectivity index (χ4n) is 2.61. The van der Waals surface area contributed by atoms with Gasteiger partial charge in [0.1, 0.15) is 22.9 Å². The topological polar surface area (TPSA) is 60.2 Å². The molecule has 0 aliphatic rings. The first-order chi connectivity index (χ1) is 11.7. The maximum Gasteiger partial charge on any atom is 0.144 e. The van der Waals surface area contributed by atoms with Crippen molar-refractivity contribution in [2.45, 2.75) is 26.2 Å². The molecule has 3 aromatic rings. The Hall–Kier alpha value is -2.82. The van der Waals surface area contributed by atoms with Gasteiger partial charge in [-0.1, -0.05) is 19.4 Å². The molecule has 5 nitrogen and oxygen atoms in total. The number of hydrogen-bond acceptors (Lipinski definition) is 4. The lowest BCUT2D eigenvalue weighted by atomic mass is 10.1. The van der Waals surface area contributed by atoms with Crippen molar-refractivity contribution in [3.63, 3.8) is 0 Å². The van der Waals surface area contributed by atoms with E-state index in [0.29, 0.717) is 11.4 Å². The van der Waals surface area contributed by atoms with Crippen LogP contribution in [0.5, 0.6) is 11.5 Å². The predicted molar refractivity (Wildman–Crippen MR) is 93.6 cm³/mol. The summed E-state index contributed by atoms with van der Waals surface area (Å²) in [6, 6.07) is 11.3. The zero-order chi connectivity index (χ0) is 16.9. The molecule has 24 heavy (non-hydrogen) atoms. The van der Waals surface area contributed by atoms with Gasteiger partial charge in [-0.15, -0.1) is 0 Å². The summed E-state index contributed by atoms with van der Waals surface area (Å²) in [7, 11) is 1.63. The molecule has 5 heteroatoms. The molecule has 1 N–H and O–H groups in total. The Labute approximate surface area is 141 Å². The summed E-state index contributed by atoms with van der Waals surface area (Å²) in [5.41, 5.74) is 3.04. The first kappa shape index (κ1) is 16.1. The molecule has 0 amide bonds. The van der Waals surface area contributed by atoms with Crippen LogP contribution in [-0.4, -0.2) is 27.0 Å². The van der Waals surface area contributed by atoms with E-state index < -0.39 is 0 Å². The summed E-state index contributed by atoms with van der Waals surface area (Å²) >= 11 is 0. The van der Waals surface area contributed by atoms with Crippen LogP contribution in [0.4, 0.5) is 0 Å². The average Bonchev–Trinajstić information content (AvgIpc) is 3.11. The molecular weight excluding hydrogens is 302 g/mol. The summed E-state index contributed by atoms with van der Waals surface area (Å²) in [6.45, 7) is 2.13. The molecule has 124 valence electrons. The normalized spacial score (nSPS) is 10.8. The zero-order valence-corrected chi connectivity index (χ0v) is 13.9. The first-order valence-corrected chi connectivity index (χ1v) is 8.10. The lowest BCUT2D eigenvalue weighted by molar-refractivity contribution is 0.409. The van der Waals surface area contributed by atoms with Crippen LogP contribution >= 0.6 is 0 Å². The summed E-state index contributed by atoms with van der Waals surface area (Å²) in [5.74, 6) is 0.962. The molecule has 0 atom stereocenters. The van der Waals surface area contributed by atoms with Crippen molar-refractivity contribution in [3.8, 4) is 28.6 Å². The van der Waals surface area contributed by atoms with Crippen LogP contribution in [0, 0.1) is 0 Å². The third kappa shape index (κ3) is 3.25. The number of phenols is 1. The van der Waals surface area contributed by atoms with E-state index in [1.165, 1.54) is 0 Å². The van der Waals surface area contributed by atoms with Crippen molar-refractivity contribution in [1.82, 2.24) is 14.8 Å². The van der Waals surface area contributed by atoms with Crippen LogP contribution in [0.3, 0.4) is 0 Å². The number of pyridine rings is 1. The Morgan fingerprint density at radius 1 is 1.17 bits per heavy atom. The largest absolute Gasteiger partial charge is 0.505 e. The van der Waals surface area contributed by atoms with Crippen molar-refractivity contribution in [2.75, 3.05) is 7.11 Å². The van der Waals surface area contributed by atoms with Gasteiger partial charge in [-0.3, -0.25) is 4.98 Å². The van der Waals surface area contributed by atoms with E-state index in [1.807, 2.05) is 36.5 Å². The van der Waals surface area contributed by atoms with E-state index >= 15 is 0 Å². The SMILES string of the molecule is CCCCc1cc(OC)cc(-n2ccc(-c3ccccn3)n2)c1O. The number of hydrogen-bond donors (Lipinski definition) is 1. The highest BCUT2D eigenvalue weighted by atomic mass is 16.5. The summed E-state index contributed by atoms with van der Waals surface area (Å²) in [4.78, 5) is 4.31. The number of nitrogens with zero attached hydrogens (tertiary/aromatic N) is 3. The van der Waals surface area contributed by atoms with Crippen LogP contribution in [0.1, 0.15) is 25.3 Å². The summed E-state index contributed by atoms with van der Waals surface area (Å²) in [6.07, 6.45) is 6.44. The van der Waals surface area contributed by atoms with E-state index in [-0.39, 0.29) is 5.75 Å². The maximum absolute atomic E-state index is 10.6. The van der Waals surface area contributed by atoms with Crippen LogP contribution in [-0.2, 0) is 6.42 Å². The van der Waals surface area contributed by atoms with E-state index in [2.05, 4.69) is 17.0 Å². The van der Waals surface area contributed by atoms with Gasteiger partial charge in [-0.05, 0) is 42.7 Å². The molecule has 0 aliphatic heterocycles. The Morgan fingerprint density at radius 3 is 2.75 bits per heavy atom. The minimum Gasteiger partial charge on any atom is -0.505 e. The molecule has 0 bridgehead atoms. The monoisotopic (exact) mass is 323 g/mol. The number of aromatic nitrogens is 3. The van der Waals surface area contributed by atoms with E-state index in [9.17, 15) is 5.11 Å². The van der Waals surface area contributed by atoms with Gasteiger partial charge >= 0.3 is 0 Å². The molecular formula is C19H21N3O2. The molecule has 0 spiro atoms. The molecule has 3 rings (SSSR count). The standard InChI is InChI=1S/C19H21N3O2/c1-3-4-7-14-12-15(24-2)13-18(19(14)23)22-11-9-17(21-22)16-8-5-6-10-20-16/h5-6,8-13,23H,3-4,7H2,1-2H3. The van der Waals surface area contributed by atoms with Crippen molar-refractivity contribution in [3.05, 3.63) is 54.4 Å². The minimum absolute atomic E-state index is 0.250. The molecule has 0 saturated heterocycles. The lowest BCUT2D eigenvalue weighted by Crippen LogP contribution is -2.00. The quantitative estimate of drug-likeness (QED) is 0.745. The third-order valence-electron chi connectivity index (χ3n) is 3.94. The minimum atomic E-state index is 0.250. The zero-order valence-electron chi connectivity index (χ0n) is 13.9. The fraction of sp³-hybridized carbons (Fsp3) is 0.263. The molecule has 2 heterocycles. The number of unbranched alkanes of at least 4 members (excludes halogenated alkanes) is 1. The van der Waals surface area contributed by atoms with Gasteiger partial charge in [0.05, 0.1) is 12.8 Å². The predicted octanol–water partition coefficient (Wildman–Crippen LogP) is 3.99. The second-order valence-electron chi connectivity index (χ2n) is 5.62. The second-order valence-corrected chi connectivity index (χ2v) is 5.62. The molecule has 1 aromatic carbocycles. The highest BCUT2D eigenvalue weighted by Gasteiger charge is 2.14. The van der Waals surface area contributed by atoms with Gasteiger partial charge in [-0.2, -0.15) is 5.10 Å². The van der Waals surface area contributed by atoms with Crippen molar-refractivity contribution >= 4 is 0 Å². The smallest absolute Gasteiger partial charge is 0.144 e. The van der Waals surface area contributed by atoms with Gasteiger partial charge in [0, 0.05) is 18.5 Å². The third-order valence-corrected chi connectivity index (χ3v) is 3.94. The van der Waals surface area contributed by atoms with Crippen LogP contribution < -0.4 is 4.74 Å². The molecule has 0 radical (unpaired) electrons. The molecule has 0 unspecified atom stereocenters. The van der Waals surface area contributed by atoms with Gasteiger partial charge in [-0.25, -0.2) is 4.68 Å². The second kappa shape index (κ2) is 7.17. The van der Waals surface area contributed by atoms with Crippen LogP contribution in [0.2, 0.25) is 0 Å². The van der Waals surface area contributed by atoms with E-state index in [4.69, 9.17) is 4.74 Å². The van der Waals surface area contributed by atoms with Gasteiger partial charge in [0.2, 0.25) is 0 Å². The number of benzene rings is 1. The highest BCUT2D eigenvalue weighted by molar-refractivity contribution is 5.58. The number of aromatic hydroxyl groups is 1. The Kier molecular flexibility index (Phi) is 4.79. The van der Waals surface area contributed by atoms with Gasteiger partial charge in [0.15, 0.2) is 0 Å². The summed E-state index contributed by atoms with van der Waals surface area (Å²) < 4.78 is 7.04. The fourth-order valence-corrected chi connectivity index (χ4v) is 2.61. The molecule has 0 aliphatic carbocycles. The van der Waals surface area contributed by atoms with Crippen LogP contribution in [0.15, 0.2) is 48.8 Å². The van der Waals surface area contributed by atoms with Crippen molar-refractivity contribution in [1.29, 1.82) is 0 Å². The van der Waals surface area contributed by atoms with E-state index in [0.717, 1.165) is 36.2 Å². The van der Waals surface area contributed by atoms with Gasteiger partial charge in [0.25, 0.3) is 0 Å². The Balaban J connectivity index is 2.01. The van der Waals surface area contributed by atoms with E-state index in [1.54, 1.807) is 24.1 Å². The Bertz CT molecular complexity index is 813. The number of aryl methyl sites for hydroxylation is 1. The molecule has 0 saturated carbocycles. The number of rotatable bonds is 6. The first-order valence-electron chi connectivity index (χ1n) is 8.10. The molecule has 2 aromatic heterocycles. The Morgan fingerprint density at radius 2 is 2.04 bits per heavy atom. The molecule has 0 fully saturated rings. The highest BCUT2D eigenvalue weighted by Crippen LogP contribution is 2.32. The average molecular weight is 323 g/mol.